The summed E-state index contributed by atoms with van der Waals surface area (Å²) >= 11 is 0. The van der Waals surface area contributed by atoms with Gasteiger partial charge in [-0.15, -0.1) is 0 Å². The van der Waals surface area contributed by atoms with Crippen LogP contribution in [0.4, 0.5) is 8.78 Å². The van der Waals surface area contributed by atoms with Crippen molar-refractivity contribution in [2.75, 3.05) is 0 Å². The molecule has 2 heteroatoms. The van der Waals surface area contributed by atoms with Gasteiger partial charge < -0.3 is 0 Å². The molecule has 1 saturated carbocycles. The molecule has 1 aliphatic rings. The van der Waals surface area contributed by atoms with Crippen LogP contribution in [0.5, 0.6) is 0 Å². The minimum atomic E-state index is -0.576. The summed E-state index contributed by atoms with van der Waals surface area (Å²) in [6.45, 7) is 8.23. The first-order valence-electron chi connectivity index (χ1n) is 12.5. The van der Waals surface area contributed by atoms with Crippen molar-refractivity contribution in [2.45, 2.75) is 59.8 Å². The molecule has 0 spiro atoms. The zero-order valence-electron chi connectivity index (χ0n) is 21.1. The van der Waals surface area contributed by atoms with Gasteiger partial charge in [0.2, 0.25) is 0 Å². The molecule has 0 aliphatic heterocycles. The van der Waals surface area contributed by atoms with Crippen molar-refractivity contribution in [2.24, 2.45) is 11.8 Å². The van der Waals surface area contributed by atoms with Crippen LogP contribution in [0.15, 0.2) is 48.5 Å². The van der Waals surface area contributed by atoms with Crippen molar-refractivity contribution in [1.29, 1.82) is 0 Å². The van der Waals surface area contributed by atoms with E-state index in [-0.39, 0.29) is 5.56 Å². The summed E-state index contributed by atoms with van der Waals surface area (Å²) in [5, 5.41) is 0. The van der Waals surface area contributed by atoms with Crippen molar-refractivity contribution in [3.05, 3.63) is 105 Å². The standard InChI is InChI=1S/C33H32F2/c1-22-5-9-26(10-6-22)13-14-28-17-24(3)30(25(4)18-28)15-16-31-32(34)20-29(21-33(31)35)19-27-11-7-23(2)8-12-27/h5-6,9-10,17-18,20-21,23,27H,7-8,11-12,19H2,1-4H3. The third-order valence-corrected chi connectivity index (χ3v) is 7.01. The Morgan fingerprint density at radius 1 is 0.686 bits per heavy atom. The molecule has 178 valence electrons. The third kappa shape index (κ3) is 6.41. The predicted octanol–water partition coefficient (Wildman–Crippen LogP) is 8.06. The maximum Gasteiger partial charge on any atom is 0.142 e. The fourth-order valence-electron chi connectivity index (χ4n) is 4.87. The second kappa shape index (κ2) is 10.9. The highest BCUT2D eigenvalue weighted by Crippen LogP contribution is 2.31. The smallest absolute Gasteiger partial charge is 0.142 e. The average Bonchev–Trinajstić information content (AvgIpc) is 2.81. The van der Waals surface area contributed by atoms with Gasteiger partial charge in [-0.1, -0.05) is 61.1 Å². The molecule has 0 unspecified atom stereocenters. The highest BCUT2D eigenvalue weighted by Gasteiger charge is 2.20. The number of rotatable bonds is 2. The third-order valence-electron chi connectivity index (χ3n) is 7.01. The number of hydrogen-bond acceptors (Lipinski definition) is 0. The Labute approximate surface area is 208 Å². The molecule has 0 nitrogen and oxygen atoms in total. The van der Waals surface area contributed by atoms with Gasteiger partial charge in [0, 0.05) is 16.7 Å². The first-order valence-corrected chi connectivity index (χ1v) is 12.5. The van der Waals surface area contributed by atoms with Crippen LogP contribution >= 0.6 is 0 Å². The van der Waals surface area contributed by atoms with Gasteiger partial charge in [0.05, 0.1) is 5.56 Å². The maximum absolute atomic E-state index is 14.8. The van der Waals surface area contributed by atoms with Gasteiger partial charge >= 0.3 is 0 Å². The van der Waals surface area contributed by atoms with E-state index in [1.807, 2.05) is 57.2 Å². The number of benzene rings is 3. The van der Waals surface area contributed by atoms with E-state index in [2.05, 4.69) is 30.6 Å². The van der Waals surface area contributed by atoms with Crippen LogP contribution < -0.4 is 0 Å². The Bertz CT molecular complexity index is 1290. The lowest BCUT2D eigenvalue weighted by Gasteiger charge is -2.26. The first kappa shape index (κ1) is 24.8. The molecule has 1 aliphatic carbocycles. The van der Waals surface area contributed by atoms with E-state index in [1.165, 1.54) is 30.5 Å². The van der Waals surface area contributed by atoms with Gasteiger partial charge in [-0.05, 0) is 105 Å². The van der Waals surface area contributed by atoms with Crippen LogP contribution in [0.3, 0.4) is 0 Å². The fourth-order valence-corrected chi connectivity index (χ4v) is 4.87. The van der Waals surface area contributed by atoms with Gasteiger partial charge in [-0.3, -0.25) is 0 Å². The van der Waals surface area contributed by atoms with E-state index in [4.69, 9.17) is 0 Å². The van der Waals surface area contributed by atoms with Crippen LogP contribution in [0.2, 0.25) is 0 Å². The summed E-state index contributed by atoms with van der Waals surface area (Å²) < 4.78 is 29.6. The van der Waals surface area contributed by atoms with Crippen molar-refractivity contribution in [1.82, 2.24) is 0 Å². The highest BCUT2D eigenvalue weighted by atomic mass is 19.1. The summed E-state index contributed by atoms with van der Waals surface area (Å²) in [5.41, 5.74) is 6.29. The Kier molecular flexibility index (Phi) is 7.73. The molecule has 1 fully saturated rings. The topological polar surface area (TPSA) is 0 Å². The monoisotopic (exact) mass is 466 g/mol. The second-order valence-corrected chi connectivity index (χ2v) is 10.1. The molecule has 0 saturated heterocycles. The fraction of sp³-hybridized carbons (Fsp3) is 0.333. The molecular formula is C33H32F2. The minimum Gasteiger partial charge on any atom is -0.206 e. The van der Waals surface area contributed by atoms with E-state index in [0.29, 0.717) is 5.92 Å². The Balaban J connectivity index is 1.53. The lowest BCUT2D eigenvalue weighted by Crippen LogP contribution is -2.14. The minimum absolute atomic E-state index is 0.159. The van der Waals surface area contributed by atoms with Gasteiger partial charge in [0.1, 0.15) is 11.6 Å². The molecule has 0 atom stereocenters. The summed E-state index contributed by atoms with van der Waals surface area (Å²) in [6, 6.07) is 15.0. The summed E-state index contributed by atoms with van der Waals surface area (Å²) in [7, 11) is 0. The predicted molar refractivity (Wildman–Crippen MR) is 140 cm³/mol. The summed E-state index contributed by atoms with van der Waals surface area (Å²) in [6.07, 6.45) is 5.41. The van der Waals surface area contributed by atoms with Gasteiger partial charge in [0.25, 0.3) is 0 Å². The Morgan fingerprint density at radius 2 is 1.23 bits per heavy atom. The van der Waals surface area contributed by atoms with E-state index >= 15 is 0 Å². The van der Waals surface area contributed by atoms with Crippen LogP contribution in [-0.4, -0.2) is 0 Å². The highest BCUT2D eigenvalue weighted by molar-refractivity contribution is 5.55. The summed E-state index contributed by atoms with van der Waals surface area (Å²) in [5.74, 6) is 12.3. The second-order valence-electron chi connectivity index (χ2n) is 10.1. The molecule has 0 amide bonds. The van der Waals surface area contributed by atoms with E-state index in [9.17, 15) is 8.78 Å². The molecule has 0 N–H and O–H groups in total. The maximum atomic E-state index is 14.8. The summed E-state index contributed by atoms with van der Waals surface area (Å²) in [4.78, 5) is 0. The Hall–Kier alpha value is -3.36. The van der Waals surface area contributed by atoms with Crippen LogP contribution in [0, 0.1) is 67.9 Å². The van der Waals surface area contributed by atoms with Crippen molar-refractivity contribution in [3.63, 3.8) is 0 Å². The zero-order valence-corrected chi connectivity index (χ0v) is 21.1. The normalized spacial score (nSPS) is 17.2. The zero-order chi connectivity index (χ0) is 24.9. The van der Waals surface area contributed by atoms with Gasteiger partial charge in [-0.2, -0.15) is 0 Å². The quantitative estimate of drug-likeness (QED) is 0.335. The van der Waals surface area contributed by atoms with Crippen LogP contribution in [0.25, 0.3) is 0 Å². The number of hydrogen-bond donors (Lipinski definition) is 0. The Morgan fingerprint density at radius 3 is 1.83 bits per heavy atom. The molecule has 0 bridgehead atoms. The van der Waals surface area contributed by atoms with Gasteiger partial charge in [0.15, 0.2) is 0 Å². The van der Waals surface area contributed by atoms with Crippen molar-refractivity contribution < 1.29 is 8.78 Å². The van der Waals surface area contributed by atoms with E-state index in [0.717, 1.165) is 58.6 Å². The van der Waals surface area contributed by atoms with Crippen LogP contribution in [0.1, 0.15) is 77.1 Å². The molecule has 35 heavy (non-hydrogen) atoms. The lowest BCUT2D eigenvalue weighted by atomic mass is 9.80. The van der Waals surface area contributed by atoms with E-state index < -0.39 is 11.6 Å². The molecule has 0 aromatic heterocycles. The van der Waals surface area contributed by atoms with Crippen LogP contribution in [-0.2, 0) is 6.42 Å². The first-order chi connectivity index (χ1) is 16.8. The van der Waals surface area contributed by atoms with Gasteiger partial charge in [-0.25, -0.2) is 8.78 Å². The number of halogens is 2. The van der Waals surface area contributed by atoms with E-state index in [1.54, 1.807) is 0 Å². The molecule has 0 heterocycles. The SMILES string of the molecule is Cc1ccc(C#Cc2cc(C)c(C#Cc3c(F)cc(CC4CCC(C)CC4)cc3F)c(C)c2)cc1. The molecule has 3 aromatic rings. The molecule has 0 radical (unpaired) electrons. The average molecular weight is 467 g/mol. The molecular weight excluding hydrogens is 434 g/mol. The molecule has 3 aromatic carbocycles. The van der Waals surface area contributed by atoms with Crippen molar-refractivity contribution in [3.8, 4) is 23.7 Å². The lowest BCUT2D eigenvalue weighted by molar-refractivity contribution is 0.288. The largest absolute Gasteiger partial charge is 0.206 e. The number of aryl methyl sites for hydroxylation is 3. The molecule has 4 rings (SSSR count). The van der Waals surface area contributed by atoms with Crippen molar-refractivity contribution >= 4 is 0 Å².